The highest BCUT2D eigenvalue weighted by Gasteiger charge is 2.18. The highest BCUT2D eigenvalue weighted by atomic mass is 19.3. The molecule has 1 saturated heterocycles. The van der Waals surface area contributed by atoms with Crippen LogP contribution in [-0.2, 0) is 0 Å². The molecule has 0 aromatic heterocycles. The van der Waals surface area contributed by atoms with Crippen molar-refractivity contribution in [2.24, 2.45) is 0 Å². The third-order valence-corrected chi connectivity index (χ3v) is 2.97. The number of carbonyl (C=O) groups is 1. The third-order valence-electron chi connectivity index (χ3n) is 2.97. The number of piperidine rings is 1. The summed E-state index contributed by atoms with van der Waals surface area (Å²) >= 11 is 0. The molecule has 1 fully saturated rings. The second kappa shape index (κ2) is 5.80. The Morgan fingerprint density at radius 2 is 1.72 bits per heavy atom. The summed E-state index contributed by atoms with van der Waals surface area (Å²) in [6, 6.07) is 5.83. The molecule has 3 nitrogen and oxygen atoms in total. The second-order valence-corrected chi connectivity index (χ2v) is 4.26. The van der Waals surface area contributed by atoms with Crippen LogP contribution in [0, 0.1) is 0 Å². The van der Waals surface area contributed by atoms with E-state index in [1.807, 2.05) is 0 Å². The number of likely N-dealkylation sites (tertiary alicyclic amines) is 1. The van der Waals surface area contributed by atoms with Gasteiger partial charge in [0, 0.05) is 18.7 Å². The Morgan fingerprint density at radius 3 is 2.28 bits per heavy atom. The van der Waals surface area contributed by atoms with Crippen LogP contribution in [0.3, 0.4) is 0 Å². The zero-order valence-corrected chi connectivity index (χ0v) is 9.94. The second-order valence-electron chi connectivity index (χ2n) is 4.26. The van der Waals surface area contributed by atoms with Gasteiger partial charge in [-0.3, -0.25) is 4.79 Å². The summed E-state index contributed by atoms with van der Waals surface area (Å²) in [5, 5.41) is 0. The van der Waals surface area contributed by atoms with Crippen molar-refractivity contribution >= 4 is 5.91 Å². The molecular weight excluding hydrogens is 240 g/mol. The van der Waals surface area contributed by atoms with E-state index in [1.54, 1.807) is 4.90 Å². The number of benzene rings is 1. The number of alkyl halides is 2. The summed E-state index contributed by atoms with van der Waals surface area (Å²) in [7, 11) is 0. The van der Waals surface area contributed by atoms with Gasteiger partial charge >= 0.3 is 6.61 Å². The number of carbonyl (C=O) groups excluding carboxylic acids is 1. The molecule has 2 rings (SSSR count). The maximum Gasteiger partial charge on any atom is 0.387 e. The number of nitrogens with zero attached hydrogens (tertiary/aromatic N) is 1. The van der Waals surface area contributed by atoms with Crippen molar-refractivity contribution in [2.75, 3.05) is 13.1 Å². The molecule has 0 spiro atoms. The Balaban J connectivity index is 2.02. The van der Waals surface area contributed by atoms with E-state index in [-0.39, 0.29) is 11.7 Å². The number of halogens is 2. The van der Waals surface area contributed by atoms with Crippen LogP contribution < -0.4 is 4.74 Å². The number of rotatable bonds is 3. The van der Waals surface area contributed by atoms with E-state index in [2.05, 4.69) is 4.74 Å². The highest BCUT2D eigenvalue weighted by molar-refractivity contribution is 5.94. The van der Waals surface area contributed by atoms with E-state index in [9.17, 15) is 13.6 Å². The first-order chi connectivity index (χ1) is 8.66. The molecule has 0 N–H and O–H groups in total. The van der Waals surface area contributed by atoms with Gasteiger partial charge in [-0.25, -0.2) is 0 Å². The minimum Gasteiger partial charge on any atom is -0.435 e. The van der Waals surface area contributed by atoms with Gasteiger partial charge in [0.15, 0.2) is 0 Å². The maximum atomic E-state index is 12.1. The number of hydrogen-bond donors (Lipinski definition) is 0. The van der Waals surface area contributed by atoms with E-state index in [4.69, 9.17) is 0 Å². The van der Waals surface area contributed by atoms with Crippen LogP contribution in [0.5, 0.6) is 5.75 Å². The Kier molecular flexibility index (Phi) is 4.12. The van der Waals surface area contributed by atoms with Crippen molar-refractivity contribution in [1.82, 2.24) is 4.90 Å². The summed E-state index contributed by atoms with van der Waals surface area (Å²) in [5.74, 6) is 0.0264. The smallest absolute Gasteiger partial charge is 0.387 e. The Morgan fingerprint density at radius 1 is 1.11 bits per heavy atom. The van der Waals surface area contributed by atoms with Crippen molar-refractivity contribution in [3.05, 3.63) is 29.8 Å². The zero-order valence-electron chi connectivity index (χ0n) is 9.94. The molecule has 1 amide bonds. The SMILES string of the molecule is O=C(c1ccc(OC(F)F)cc1)N1CCCCC1. The van der Waals surface area contributed by atoms with E-state index < -0.39 is 6.61 Å². The van der Waals surface area contributed by atoms with Gasteiger partial charge in [0.25, 0.3) is 5.91 Å². The van der Waals surface area contributed by atoms with E-state index in [0.29, 0.717) is 5.56 Å². The van der Waals surface area contributed by atoms with Crippen LogP contribution in [0.4, 0.5) is 8.78 Å². The van der Waals surface area contributed by atoms with Gasteiger partial charge < -0.3 is 9.64 Å². The lowest BCUT2D eigenvalue weighted by Crippen LogP contribution is -2.35. The van der Waals surface area contributed by atoms with Gasteiger partial charge in [-0.1, -0.05) is 0 Å². The summed E-state index contributed by atoms with van der Waals surface area (Å²) in [6.45, 7) is -1.30. The molecular formula is C13H15F2NO2. The minimum absolute atomic E-state index is 0.0432. The number of amides is 1. The fourth-order valence-electron chi connectivity index (χ4n) is 2.06. The van der Waals surface area contributed by atoms with E-state index in [0.717, 1.165) is 32.4 Å². The summed E-state index contributed by atoms with van der Waals surface area (Å²) < 4.78 is 28.2. The van der Waals surface area contributed by atoms with Crippen LogP contribution in [0.1, 0.15) is 29.6 Å². The predicted molar refractivity (Wildman–Crippen MR) is 62.8 cm³/mol. The van der Waals surface area contributed by atoms with Crippen molar-refractivity contribution in [1.29, 1.82) is 0 Å². The topological polar surface area (TPSA) is 29.5 Å². The molecule has 0 atom stereocenters. The lowest BCUT2D eigenvalue weighted by atomic mass is 10.1. The van der Waals surface area contributed by atoms with Crippen molar-refractivity contribution in [2.45, 2.75) is 25.9 Å². The first-order valence-corrected chi connectivity index (χ1v) is 6.01. The van der Waals surface area contributed by atoms with Gasteiger partial charge in [0.05, 0.1) is 0 Å². The molecule has 98 valence electrons. The molecule has 0 radical (unpaired) electrons. The van der Waals surface area contributed by atoms with Gasteiger partial charge in [-0.2, -0.15) is 8.78 Å². The standard InChI is InChI=1S/C13H15F2NO2/c14-13(15)18-11-6-4-10(5-7-11)12(17)16-8-2-1-3-9-16/h4-7,13H,1-3,8-9H2. The summed E-state index contributed by atoms with van der Waals surface area (Å²) in [6.07, 6.45) is 3.21. The fraction of sp³-hybridized carbons (Fsp3) is 0.462. The molecule has 0 aliphatic carbocycles. The van der Waals surface area contributed by atoms with E-state index in [1.165, 1.54) is 24.3 Å². The normalized spacial score (nSPS) is 15.8. The first-order valence-electron chi connectivity index (χ1n) is 6.01. The van der Waals surface area contributed by atoms with Gasteiger partial charge in [0.1, 0.15) is 5.75 Å². The van der Waals surface area contributed by atoms with E-state index >= 15 is 0 Å². The maximum absolute atomic E-state index is 12.1. The van der Waals surface area contributed by atoms with Crippen molar-refractivity contribution in [3.8, 4) is 5.75 Å². The number of hydrogen-bond acceptors (Lipinski definition) is 2. The Hall–Kier alpha value is -1.65. The molecule has 1 aliphatic heterocycles. The average Bonchev–Trinajstić information content (AvgIpc) is 2.39. The van der Waals surface area contributed by atoms with Crippen LogP contribution in [0.25, 0.3) is 0 Å². The summed E-state index contributed by atoms with van der Waals surface area (Å²) in [4.78, 5) is 13.9. The molecule has 0 saturated carbocycles. The molecule has 0 unspecified atom stereocenters. The first kappa shape index (κ1) is 12.8. The largest absolute Gasteiger partial charge is 0.435 e. The minimum atomic E-state index is -2.84. The quantitative estimate of drug-likeness (QED) is 0.831. The van der Waals surface area contributed by atoms with Crippen LogP contribution in [0.2, 0.25) is 0 Å². The van der Waals surface area contributed by atoms with Crippen LogP contribution in [0.15, 0.2) is 24.3 Å². The van der Waals surface area contributed by atoms with Crippen molar-refractivity contribution in [3.63, 3.8) is 0 Å². The fourth-order valence-corrected chi connectivity index (χ4v) is 2.06. The molecule has 18 heavy (non-hydrogen) atoms. The molecule has 1 heterocycles. The molecule has 1 aliphatic rings. The molecule has 5 heteroatoms. The summed E-state index contributed by atoms with van der Waals surface area (Å²) in [5.41, 5.74) is 0.513. The lowest BCUT2D eigenvalue weighted by molar-refractivity contribution is -0.0498. The van der Waals surface area contributed by atoms with Crippen molar-refractivity contribution < 1.29 is 18.3 Å². The van der Waals surface area contributed by atoms with Gasteiger partial charge in [-0.05, 0) is 43.5 Å². The Bertz CT molecular complexity index is 400. The monoisotopic (exact) mass is 255 g/mol. The number of ether oxygens (including phenoxy) is 1. The molecule has 0 bridgehead atoms. The molecule has 1 aromatic carbocycles. The third kappa shape index (κ3) is 3.18. The lowest BCUT2D eigenvalue weighted by Gasteiger charge is -2.26. The Labute approximate surface area is 104 Å². The highest BCUT2D eigenvalue weighted by Crippen LogP contribution is 2.17. The molecule has 1 aromatic rings. The van der Waals surface area contributed by atoms with Crippen LogP contribution in [-0.4, -0.2) is 30.5 Å². The van der Waals surface area contributed by atoms with Gasteiger partial charge in [0.2, 0.25) is 0 Å². The van der Waals surface area contributed by atoms with Gasteiger partial charge in [-0.15, -0.1) is 0 Å². The van der Waals surface area contributed by atoms with Crippen LogP contribution >= 0.6 is 0 Å². The zero-order chi connectivity index (χ0) is 13.0. The predicted octanol–water partition coefficient (Wildman–Crippen LogP) is 2.91. The average molecular weight is 255 g/mol.